The minimum absolute atomic E-state index is 0.0734. The fraction of sp³-hybridized carbons (Fsp3) is 0.440. The quantitative estimate of drug-likeness (QED) is 0.527. The maximum Gasteiger partial charge on any atom is 0.243 e. The van der Waals surface area contributed by atoms with Crippen LogP contribution in [0.2, 0.25) is 0 Å². The SMILES string of the molecule is CCCn1c(CCC(=O)Nc2cc(C)cc(C)c2)nc2cc(S(=O)(=O)N3CCOCC3)ccc21. The van der Waals surface area contributed by atoms with E-state index in [1.807, 2.05) is 32.0 Å². The van der Waals surface area contributed by atoms with E-state index in [0.29, 0.717) is 44.7 Å². The molecule has 1 aromatic heterocycles. The first-order valence-electron chi connectivity index (χ1n) is 11.7. The van der Waals surface area contributed by atoms with Crippen molar-refractivity contribution in [1.29, 1.82) is 0 Å². The predicted octanol–water partition coefficient (Wildman–Crippen LogP) is 3.66. The maximum absolute atomic E-state index is 13.1. The second-order valence-corrected chi connectivity index (χ2v) is 10.7. The van der Waals surface area contributed by atoms with Crippen molar-refractivity contribution in [1.82, 2.24) is 13.9 Å². The third kappa shape index (κ3) is 5.32. The zero-order valence-corrected chi connectivity index (χ0v) is 20.8. The Morgan fingerprint density at radius 1 is 1.09 bits per heavy atom. The highest BCUT2D eigenvalue weighted by Gasteiger charge is 2.27. The summed E-state index contributed by atoms with van der Waals surface area (Å²) in [5.74, 6) is 0.712. The van der Waals surface area contributed by atoms with Gasteiger partial charge in [-0.2, -0.15) is 4.31 Å². The molecule has 0 bridgehead atoms. The largest absolute Gasteiger partial charge is 0.379 e. The lowest BCUT2D eigenvalue weighted by molar-refractivity contribution is -0.116. The molecule has 4 rings (SSSR count). The summed E-state index contributed by atoms with van der Waals surface area (Å²) in [6, 6.07) is 11.1. The van der Waals surface area contributed by atoms with Crippen LogP contribution in [0.1, 0.15) is 36.7 Å². The summed E-state index contributed by atoms with van der Waals surface area (Å²) < 4.78 is 35.0. The summed E-state index contributed by atoms with van der Waals surface area (Å²) in [4.78, 5) is 17.6. The molecule has 9 heteroatoms. The molecular weight excluding hydrogens is 452 g/mol. The highest BCUT2D eigenvalue weighted by Crippen LogP contribution is 2.24. The van der Waals surface area contributed by atoms with Crippen LogP contribution in [0, 0.1) is 13.8 Å². The van der Waals surface area contributed by atoms with Gasteiger partial charge in [-0.25, -0.2) is 13.4 Å². The molecule has 1 saturated heterocycles. The first-order valence-corrected chi connectivity index (χ1v) is 13.2. The van der Waals surface area contributed by atoms with Crippen LogP contribution in [-0.2, 0) is 32.5 Å². The summed E-state index contributed by atoms with van der Waals surface area (Å²) >= 11 is 0. The lowest BCUT2D eigenvalue weighted by atomic mass is 10.1. The maximum atomic E-state index is 13.1. The van der Waals surface area contributed by atoms with Crippen LogP contribution >= 0.6 is 0 Å². The molecule has 1 aliphatic heterocycles. The van der Waals surface area contributed by atoms with Crippen LogP contribution in [0.5, 0.6) is 0 Å². The normalized spacial score (nSPS) is 15.0. The summed E-state index contributed by atoms with van der Waals surface area (Å²) in [6.07, 6.45) is 1.66. The molecule has 0 spiro atoms. The molecule has 0 atom stereocenters. The molecule has 2 aromatic carbocycles. The van der Waals surface area contributed by atoms with Gasteiger partial charge in [0.2, 0.25) is 15.9 Å². The minimum Gasteiger partial charge on any atom is -0.379 e. The average Bonchev–Trinajstić information content (AvgIpc) is 3.14. The van der Waals surface area contributed by atoms with E-state index >= 15 is 0 Å². The van der Waals surface area contributed by atoms with E-state index in [0.717, 1.165) is 41.1 Å². The fourth-order valence-corrected chi connectivity index (χ4v) is 5.84. The number of hydrogen-bond donors (Lipinski definition) is 1. The number of morpholine rings is 1. The lowest BCUT2D eigenvalue weighted by Gasteiger charge is -2.26. The number of sulfonamides is 1. The molecule has 1 amide bonds. The molecule has 1 aliphatic rings. The number of aryl methyl sites for hydroxylation is 4. The van der Waals surface area contributed by atoms with Crippen molar-refractivity contribution in [3.8, 4) is 0 Å². The second kappa shape index (κ2) is 10.2. The van der Waals surface area contributed by atoms with Gasteiger partial charge in [-0.1, -0.05) is 13.0 Å². The molecule has 0 aliphatic carbocycles. The van der Waals surface area contributed by atoms with E-state index in [1.54, 1.807) is 12.1 Å². The van der Waals surface area contributed by atoms with Crippen molar-refractivity contribution in [3.63, 3.8) is 0 Å². The molecule has 1 fully saturated rings. The van der Waals surface area contributed by atoms with Gasteiger partial charge in [0.1, 0.15) is 5.82 Å². The zero-order valence-electron chi connectivity index (χ0n) is 20.0. The number of aromatic nitrogens is 2. The fourth-order valence-electron chi connectivity index (χ4n) is 4.42. The van der Waals surface area contributed by atoms with Gasteiger partial charge in [0.15, 0.2) is 0 Å². The van der Waals surface area contributed by atoms with Crippen LogP contribution < -0.4 is 5.32 Å². The van der Waals surface area contributed by atoms with Gasteiger partial charge in [-0.05, 0) is 61.7 Å². The molecule has 34 heavy (non-hydrogen) atoms. The van der Waals surface area contributed by atoms with Gasteiger partial charge in [-0.15, -0.1) is 0 Å². The number of amides is 1. The van der Waals surface area contributed by atoms with Gasteiger partial charge in [0.05, 0.1) is 29.1 Å². The lowest BCUT2D eigenvalue weighted by Crippen LogP contribution is -2.40. The smallest absolute Gasteiger partial charge is 0.243 e. The molecule has 2 heterocycles. The minimum atomic E-state index is -3.60. The monoisotopic (exact) mass is 484 g/mol. The Labute approximate surface area is 201 Å². The highest BCUT2D eigenvalue weighted by atomic mass is 32.2. The Morgan fingerprint density at radius 3 is 2.47 bits per heavy atom. The Kier molecular flexibility index (Phi) is 7.35. The van der Waals surface area contributed by atoms with Crippen molar-refractivity contribution in [2.24, 2.45) is 0 Å². The highest BCUT2D eigenvalue weighted by molar-refractivity contribution is 7.89. The Bertz CT molecular complexity index is 1270. The van der Waals surface area contributed by atoms with Crippen molar-refractivity contribution in [3.05, 3.63) is 53.3 Å². The molecule has 182 valence electrons. The number of anilines is 1. The van der Waals surface area contributed by atoms with Crippen LogP contribution in [-0.4, -0.2) is 54.5 Å². The van der Waals surface area contributed by atoms with Gasteiger partial charge >= 0.3 is 0 Å². The van der Waals surface area contributed by atoms with E-state index in [-0.39, 0.29) is 10.8 Å². The van der Waals surface area contributed by atoms with Crippen LogP contribution in [0.4, 0.5) is 5.69 Å². The van der Waals surface area contributed by atoms with Gasteiger partial charge in [0.25, 0.3) is 0 Å². The topological polar surface area (TPSA) is 93.5 Å². The predicted molar refractivity (Wildman–Crippen MR) is 132 cm³/mol. The average molecular weight is 485 g/mol. The Hall–Kier alpha value is -2.75. The first-order chi connectivity index (χ1) is 16.3. The first kappa shape index (κ1) is 24.4. The number of fused-ring (bicyclic) bond motifs is 1. The number of ether oxygens (including phenoxy) is 1. The van der Waals surface area contributed by atoms with Gasteiger partial charge < -0.3 is 14.6 Å². The Morgan fingerprint density at radius 2 is 1.79 bits per heavy atom. The van der Waals surface area contributed by atoms with Crippen molar-refractivity contribution in [2.75, 3.05) is 31.6 Å². The third-order valence-corrected chi connectivity index (χ3v) is 7.83. The molecular formula is C25H32N4O4S. The molecule has 8 nitrogen and oxygen atoms in total. The summed E-state index contributed by atoms with van der Waals surface area (Å²) in [7, 11) is -3.60. The third-order valence-electron chi connectivity index (χ3n) is 5.93. The number of carbonyl (C=O) groups excluding carboxylic acids is 1. The number of imidazole rings is 1. The van der Waals surface area contributed by atoms with Gasteiger partial charge in [-0.3, -0.25) is 4.79 Å². The van der Waals surface area contributed by atoms with Crippen LogP contribution in [0.15, 0.2) is 41.3 Å². The number of hydrogen-bond acceptors (Lipinski definition) is 5. The molecule has 0 radical (unpaired) electrons. The summed E-state index contributed by atoms with van der Waals surface area (Å²) in [5.41, 5.74) is 4.51. The standard InChI is InChI=1S/C25H32N4O4S/c1-4-9-29-23-6-5-21(34(31,32)28-10-12-33-13-11-28)17-22(23)27-24(29)7-8-25(30)26-20-15-18(2)14-19(3)16-20/h5-6,14-17H,4,7-13H2,1-3H3,(H,26,30). The molecule has 0 saturated carbocycles. The summed E-state index contributed by atoms with van der Waals surface area (Å²) in [6.45, 7) is 8.35. The number of nitrogens with zero attached hydrogens (tertiary/aromatic N) is 3. The molecule has 0 unspecified atom stereocenters. The van der Waals surface area contributed by atoms with Crippen molar-refractivity contribution in [2.45, 2.75) is 51.5 Å². The van der Waals surface area contributed by atoms with Crippen molar-refractivity contribution < 1.29 is 17.9 Å². The van der Waals surface area contributed by atoms with E-state index in [1.165, 1.54) is 4.31 Å². The van der Waals surface area contributed by atoms with Crippen molar-refractivity contribution >= 4 is 32.7 Å². The number of carbonyl (C=O) groups is 1. The number of benzene rings is 2. The number of rotatable bonds is 8. The molecule has 1 N–H and O–H groups in total. The van der Waals surface area contributed by atoms with Gasteiger partial charge in [0, 0.05) is 38.2 Å². The van der Waals surface area contributed by atoms with Crippen LogP contribution in [0.25, 0.3) is 11.0 Å². The van der Waals surface area contributed by atoms with E-state index in [9.17, 15) is 13.2 Å². The Balaban J connectivity index is 1.54. The molecule has 3 aromatic rings. The zero-order chi connectivity index (χ0) is 24.3. The second-order valence-electron chi connectivity index (χ2n) is 8.77. The van der Waals surface area contributed by atoms with E-state index in [4.69, 9.17) is 9.72 Å². The summed E-state index contributed by atoms with van der Waals surface area (Å²) in [5, 5.41) is 2.97. The van der Waals surface area contributed by atoms with Crippen LogP contribution in [0.3, 0.4) is 0 Å². The number of nitrogens with one attached hydrogen (secondary N) is 1. The van der Waals surface area contributed by atoms with E-state index in [2.05, 4.69) is 22.9 Å². The van der Waals surface area contributed by atoms with E-state index < -0.39 is 10.0 Å².